The molecule has 0 aliphatic carbocycles. The van der Waals surface area contributed by atoms with Gasteiger partial charge in [-0.1, -0.05) is 36.4 Å². The van der Waals surface area contributed by atoms with E-state index in [1.165, 1.54) is 18.2 Å². The van der Waals surface area contributed by atoms with Gasteiger partial charge >= 0.3 is 0 Å². The van der Waals surface area contributed by atoms with Crippen LogP contribution in [0.15, 0.2) is 82.8 Å². The summed E-state index contributed by atoms with van der Waals surface area (Å²) in [4.78, 5) is 14.8. The summed E-state index contributed by atoms with van der Waals surface area (Å²) in [6, 6.07) is 20.8. The number of hydrogen-bond acceptors (Lipinski definition) is 6. The van der Waals surface area contributed by atoms with E-state index in [4.69, 9.17) is 22.1 Å². The van der Waals surface area contributed by atoms with Crippen LogP contribution in [0.5, 0.6) is 5.75 Å². The van der Waals surface area contributed by atoms with Gasteiger partial charge in [0.25, 0.3) is 5.91 Å². The molecule has 4 rings (SSSR count). The molecule has 0 fully saturated rings. The van der Waals surface area contributed by atoms with Crippen LogP contribution in [0.25, 0.3) is 0 Å². The van der Waals surface area contributed by atoms with Gasteiger partial charge in [0.2, 0.25) is 10.0 Å². The number of amides is 1. The minimum Gasteiger partial charge on any atom is -0.497 e. The Kier molecular flexibility index (Phi) is 6.59. The van der Waals surface area contributed by atoms with Crippen molar-refractivity contribution in [2.75, 3.05) is 17.3 Å². The third-order valence-electron chi connectivity index (χ3n) is 5.07. The van der Waals surface area contributed by atoms with Crippen molar-refractivity contribution in [2.24, 2.45) is 10.2 Å². The molecule has 1 aliphatic heterocycles. The lowest BCUT2D eigenvalue weighted by Gasteiger charge is -2.17. The summed E-state index contributed by atoms with van der Waals surface area (Å²) in [5, 5.41) is 12.3. The number of carbonyl (C=O) groups excluding carboxylic acids is 1. The molecule has 4 N–H and O–H groups in total. The molecule has 34 heavy (non-hydrogen) atoms. The molecule has 174 valence electrons. The highest BCUT2D eigenvalue weighted by atomic mass is 32.2. The lowest BCUT2D eigenvalue weighted by molar-refractivity contribution is -0.112. The SMILES string of the molecule is COc1ccc2c(c1)C(=NNC(=S)Nc1cccc(S(N)(=O)=O)c1)C(=O)N2Cc1ccccc1. The van der Waals surface area contributed by atoms with Gasteiger partial charge in [0.15, 0.2) is 10.8 Å². The molecule has 0 saturated carbocycles. The molecule has 1 aliphatic rings. The topological polar surface area (TPSA) is 126 Å². The number of hydrogen-bond donors (Lipinski definition) is 3. The van der Waals surface area contributed by atoms with Crippen LogP contribution >= 0.6 is 12.2 Å². The lowest BCUT2D eigenvalue weighted by atomic mass is 10.1. The summed E-state index contributed by atoms with van der Waals surface area (Å²) in [5.74, 6) is 0.292. The summed E-state index contributed by atoms with van der Waals surface area (Å²) < 4.78 is 28.4. The number of rotatable bonds is 6. The predicted octanol–water partition coefficient (Wildman–Crippen LogP) is 2.58. The molecule has 3 aromatic rings. The molecule has 0 radical (unpaired) electrons. The lowest BCUT2D eigenvalue weighted by Crippen LogP contribution is -2.32. The van der Waals surface area contributed by atoms with Crippen molar-refractivity contribution in [1.82, 2.24) is 5.43 Å². The van der Waals surface area contributed by atoms with E-state index in [2.05, 4.69) is 15.8 Å². The quantitative estimate of drug-likeness (QED) is 0.354. The van der Waals surface area contributed by atoms with Crippen LogP contribution in [0.4, 0.5) is 11.4 Å². The first-order valence-corrected chi connectivity index (χ1v) is 12.0. The van der Waals surface area contributed by atoms with Crippen LogP contribution < -0.4 is 25.5 Å². The van der Waals surface area contributed by atoms with Crippen LogP contribution in [-0.4, -0.2) is 32.3 Å². The number of sulfonamides is 1. The second kappa shape index (κ2) is 9.59. The fourth-order valence-electron chi connectivity index (χ4n) is 3.47. The summed E-state index contributed by atoms with van der Waals surface area (Å²) in [7, 11) is -2.31. The fourth-order valence-corrected chi connectivity index (χ4v) is 4.19. The number of thiocarbonyl (C=S) groups is 1. The van der Waals surface area contributed by atoms with E-state index in [1.54, 1.807) is 30.2 Å². The van der Waals surface area contributed by atoms with Gasteiger partial charge in [-0.25, -0.2) is 13.6 Å². The standard InChI is InChI=1S/C23H21N5O4S2/c1-32-17-10-11-20-19(13-17)21(22(29)28(20)14-15-6-3-2-4-7-15)26-27-23(33)25-16-8-5-9-18(12-16)34(24,30)31/h2-13H,14H2,1H3,(H2,24,30,31)(H2,25,27,33). The van der Waals surface area contributed by atoms with Crippen molar-refractivity contribution >= 4 is 50.3 Å². The number of nitrogens with two attached hydrogens (primary N) is 1. The van der Waals surface area contributed by atoms with Gasteiger partial charge in [-0.15, -0.1) is 0 Å². The largest absolute Gasteiger partial charge is 0.497 e. The smallest absolute Gasteiger partial charge is 0.279 e. The molecule has 3 aromatic carbocycles. The van der Waals surface area contributed by atoms with Crippen LogP contribution in [0.3, 0.4) is 0 Å². The third-order valence-corrected chi connectivity index (χ3v) is 6.17. The van der Waals surface area contributed by atoms with Crippen molar-refractivity contribution in [2.45, 2.75) is 11.4 Å². The van der Waals surface area contributed by atoms with Gasteiger partial charge in [0.05, 0.1) is 24.2 Å². The maximum absolute atomic E-state index is 13.3. The first-order valence-electron chi connectivity index (χ1n) is 10.1. The van der Waals surface area contributed by atoms with E-state index < -0.39 is 10.0 Å². The highest BCUT2D eigenvalue weighted by molar-refractivity contribution is 7.89. The number of carbonyl (C=O) groups is 1. The monoisotopic (exact) mass is 495 g/mol. The number of hydrazone groups is 1. The predicted molar refractivity (Wildman–Crippen MR) is 134 cm³/mol. The van der Waals surface area contributed by atoms with Crippen LogP contribution in [-0.2, 0) is 21.4 Å². The van der Waals surface area contributed by atoms with Crippen molar-refractivity contribution < 1.29 is 17.9 Å². The highest BCUT2D eigenvalue weighted by Gasteiger charge is 2.34. The van der Waals surface area contributed by atoms with E-state index in [0.29, 0.717) is 29.2 Å². The zero-order chi connectivity index (χ0) is 24.3. The Hall–Kier alpha value is -3.80. The van der Waals surface area contributed by atoms with Gasteiger partial charge in [0.1, 0.15) is 5.75 Å². The first kappa shape index (κ1) is 23.4. The average molecular weight is 496 g/mol. The first-order chi connectivity index (χ1) is 16.3. The normalized spacial score (nSPS) is 14.1. The molecular formula is C23H21N5O4S2. The summed E-state index contributed by atoms with van der Waals surface area (Å²) in [6.45, 7) is 0.376. The van der Waals surface area contributed by atoms with E-state index in [1.807, 2.05) is 36.4 Å². The summed E-state index contributed by atoms with van der Waals surface area (Å²) in [5.41, 5.74) is 5.51. The molecule has 1 amide bonds. The number of methoxy groups -OCH3 is 1. The molecule has 0 unspecified atom stereocenters. The maximum atomic E-state index is 13.3. The maximum Gasteiger partial charge on any atom is 0.279 e. The van der Waals surface area contributed by atoms with E-state index in [-0.39, 0.29) is 21.6 Å². The third kappa shape index (κ3) is 5.06. The number of ether oxygens (including phenoxy) is 1. The number of anilines is 2. The van der Waals surface area contributed by atoms with Crippen molar-refractivity contribution in [3.63, 3.8) is 0 Å². The van der Waals surface area contributed by atoms with Gasteiger partial charge in [-0.3, -0.25) is 10.2 Å². The zero-order valence-electron chi connectivity index (χ0n) is 18.1. The molecule has 0 bridgehead atoms. The number of nitrogens with one attached hydrogen (secondary N) is 2. The molecule has 0 aromatic heterocycles. The molecule has 0 atom stereocenters. The molecule has 0 spiro atoms. The van der Waals surface area contributed by atoms with Gasteiger partial charge in [-0.05, 0) is 54.2 Å². The van der Waals surface area contributed by atoms with Crippen LogP contribution in [0.1, 0.15) is 11.1 Å². The summed E-state index contributed by atoms with van der Waals surface area (Å²) >= 11 is 5.27. The van der Waals surface area contributed by atoms with Crippen LogP contribution in [0, 0.1) is 0 Å². The molecule has 9 nitrogen and oxygen atoms in total. The minimum absolute atomic E-state index is 0.0600. The Morgan fingerprint density at radius 3 is 2.56 bits per heavy atom. The summed E-state index contributed by atoms with van der Waals surface area (Å²) in [6.07, 6.45) is 0. The fraction of sp³-hybridized carbons (Fsp3) is 0.0870. The van der Waals surface area contributed by atoms with E-state index >= 15 is 0 Å². The second-order valence-electron chi connectivity index (χ2n) is 7.36. The zero-order valence-corrected chi connectivity index (χ0v) is 19.7. The van der Waals surface area contributed by atoms with Gasteiger partial charge in [-0.2, -0.15) is 5.10 Å². The molecule has 1 heterocycles. The number of benzene rings is 3. The Morgan fingerprint density at radius 2 is 1.85 bits per heavy atom. The van der Waals surface area contributed by atoms with Crippen LogP contribution in [0.2, 0.25) is 0 Å². The number of nitrogens with zero attached hydrogens (tertiary/aromatic N) is 2. The van der Waals surface area contributed by atoms with Crippen molar-refractivity contribution in [3.05, 3.63) is 83.9 Å². The van der Waals surface area contributed by atoms with Gasteiger partial charge < -0.3 is 15.0 Å². The van der Waals surface area contributed by atoms with E-state index in [0.717, 1.165) is 5.56 Å². The Balaban J connectivity index is 1.57. The van der Waals surface area contributed by atoms with Crippen molar-refractivity contribution in [1.29, 1.82) is 0 Å². The van der Waals surface area contributed by atoms with Gasteiger partial charge in [0, 0.05) is 11.3 Å². The Morgan fingerprint density at radius 1 is 1.09 bits per heavy atom. The number of primary sulfonamides is 1. The van der Waals surface area contributed by atoms with E-state index in [9.17, 15) is 13.2 Å². The van der Waals surface area contributed by atoms with Crippen molar-refractivity contribution in [3.8, 4) is 5.75 Å². The number of fused-ring (bicyclic) bond motifs is 1. The Bertz CT molecular complexity index is 1390. The minimum atomic E-state index is -3.86. The molecule has 11 heteroatoms. The highest BCUT2D eigenvalue weighted by Crippen LogP contribution is 2.33. The molecular weight excluding hydrogens is 474 g/mol. The molecule has 0 saturated heterocycles. The average Bonchev–Trinajstić information content (AvgIpc) is 3.08. The second-order valence-corrected chi connectivity index (χ2v) is 9.33. The Labute approximate surface area is 202 Å².